The smallest absolute Gasteiger partial charge is 0.316 e. The largest absolute Gasteiger partial charge is 0.344 e. The van der Waals surface area contributed by atoms with Gasteiger partial charge in [-0.2, -0.15) is 10.1 Å². The fourth-order valence-corrected chi connectivity index (χ4v) is 3.18. The average molecular weight is 428 g/mol. The minimum atomic E-state index is -0.486. The third-order valence-electron chi connectivity index (χ3n) is 4.26. The molecule has 7 nitrogen and oxygen atoms in total. The molecule has 1 N–H and O–H groups in total. The molecular weight excluding hydrogens is 413 g/mol. The standard InChI is InChI=1S/C20H15Cl2N5O2/c1-12-14(11-27(25-12)17-9-5-4-8-16(17)22)18-24-20(29-26-18)19(28)23-10-13-6-2-3-7-15(13)21/h2-9,11H,10H2,1H3,(H,23,28). The maximum absolute atomic E-state index is 12.3. The summed E-state index contributed by atoms with van der Waals surface area (Å²) in [6.45, 7) is 2.07. The van der Waals surface area contributed by atoms with E-state index in [0.717, 1.165) is 11.3 Å². The Balaban J connectivity index is 1.53. The molecule has 0 bridgehead atoms. The van der Waals surface area contributed by atoms with Crippen molar-refractivity contribution < 1.29 is 9.32 Å². The van der Waals surface area contributed by atoms with Gasteiger partial charge in [-0.05, 0) is 30.7 Å². The summed E-state index contributed by atoms with van der Waals surface area (Å²) in [7, 11) is 0. The van der Waals surface area contributed by atoms with Crippen LogP contribution in [0.25, 0.3) is 17.1 Å². The Morgan fingerprint density at radius 1 is 1.10 bits per heavy atom. The molecule has 9 heteroatoms. The van der Waals surface area contributed by atoms with Gasteiger partial charge in [0.1, 0.15) is 0 Å². The first-order chi connectivity index (χ1) is 14.0. The molecule has 0 atom stereocenters. The van der Waals surface area contributed by atoms with Crippen molar-refractivity contribution in [3.63, 3.8) is 0 Å². The Kier molecular flexibility index (Phi) is 5.33. The highest BCUT2D eigenvalue weighted by molar-refractivity contribution is 6.32. The average Bonchev–Trinajstić information content (AvgIpc) is 3.34. The normalized spacial score (nSPS) is 10.9. The van der Waals surface area contributed by atoms with E-state index in [1.54, 1.807) is 23.0 Å². The van der Waals surface area contributed by atoms with Gasteiger partial charge >= 0.3 is 11.8 Å². The second-order valence-electron chi connectivity index (χ2n) is 6.22. The molecule has 1 amide bonds. The van der Waals surface area contributed by atoms with E-state index in [1.165, 1.54) is 0 Å². The van der Waals surface area contributed by atoms with Crippen LogP contribution in [0.3, 0.4) is 0 Å². The number of aryl methyl sites for hydroxylation is 1. The Morgan fingerprint density at radius 3 is 2.59 bits per heavy atom. The highest BCUT2D eigenvalue weighted by atomic mass is 35.5. The predicted octanol–water partition coefficient (Wildman–Crippen LogP) is 4.47. The van der Waals surface area contributed by atoms with Crippen molar-refractivity contribution in [2.75, 3.05) is 0 Å². The van der Waals surface area contributed by atoms with Crippen molar-refractivity contribution >= 4 is 29.1 Å². The zero-order valence-corrected chi connectivity index (χ0v) is 16.8. The fraction of sp³-hybridized carbons (Fsp3) is 0.100. The maximum Gasteiger partial charge on any atom is 0.316 e. The quantitative estimate of drug-likeness (QED) is 0.507. The molecule has 146 valence electrons. The Morgan fingerprint density at radius 2 is 1.83 bits per heavy atom. The molecule has 0 unspecified atom stereocenters. The van der Waals surface area contributed by atoms with Crippen molar-refractivity contribution in [1.29, 1.82) is 0 Å². The van der Waals surface area contributed by atoms with E-state index in [9.17, 15) is 4.79 Å². The number of amides is 1. The van der Waals surface area contributed by atoms with Crippen LogP contribution in [-0.2, 0) is 6.54 Å². The first kappa shape index (κ1) is 19.2. The Labute approximate surface area is 176 Å². The van der Waals surface area contributed by atoms with E-state index in [2.05, 4.69) is 20.6 Å². The summed E-state index contributed by atoms with van der Waals surface area (Å²) in [4.78, 5) is 16.5. The molecule has 29 heavy (non-hydrogen) atoms. The monoisotopic (exact) mass is 427 g/mol. The number of rotatable bonds is 5. The van der Waals surface area contributed by atoms with Crippen LogP contribution in [0.2, 0.25) is 10.0 Å². The molecule has 4 aromatic rings. The molecule has 0 fully saturated rings. The summed E-state index contributed by atoms with van der Waals surface area (Å²) >= 11 is 12.3. The van der Waals surface area contributed by atoms with Gasteiger partial charge in [0.05, 0.1) is 22.0 Å². The first-order valence-electron chi connectivity index (χ1n) is 8.70. The zero-order chi connectivity index (χ0) is 20.4. The number of hydrogen-bond donors (Lipinski definition) is 1. The molecule has 4 rings (SSSR count). The molecular formula is C20H15Cl2N5O2. The summed E-state index contributed by atoms with van der Waals surface area (Å²) in [5, 5.41) is 12.2. The number of carbonyl (C=O) groups is 1. The lowest BCUT2D eigenvalue weighted by Gasteiger charge is -2.04. The third-order valence-corrected chi connectivity index (χ3v) is 4.94. The number of para-hydroxylation sites is 1. The minimum Gasteiger partial charge on any atom is -0.344 e. The van der Waals surface area contributed by atoms with Gasteiger partial charge in [-0.1, -0.05) is 58.7 Å². The molecule has 0 saturated carbocycles. The number of aromatic nitrogens is 4. The van der Waals surface area contributed by atoms with Gasteiger partial charge in [0, 0.05) is 17.8 Å². The van der Waals surface area contributed by atoms with Crippen LogP contribution in [0.4, 0.5) is 0 Å². The van der Waals surface area contributed by atoms with Gasteiger partial charge in [0.2, 0.25) is 5.82 Å². The van der Waals surface area contributed by atoms with Crippen LogP contribution in [-0.4, -0.2) is 25.8 Å². The molecule has 0 aliphatic heterocycles. The number of carbonyl (C=O) groups excluding carboxylic acids is 1. The van der Waals surface area contributed by atoms with Gasteiger partial charge in [0.15, 0.2) is 0 Å². The van der Waals surface area contributed by atoms with Crippen LogP contribution >= 0.6 is 23.2 Å². The van der Waals surface area contributed by atoms with Crippen LogP contribution < -0.4 is 5.32 Å². The second kappa shape index (κ2) is 8.06. The van der Waals surface area contributed by atoms with Crippen LogP contribution in [0, 0.1) is 6.92 Å². The summed E-state index contributed by atoms with van der Waals surface area (Å²) in [5.41, 5.74) is 2.83. The molecule has 0 aliphatic rings. The Hall–Kier alpha value is -3.16. The van der Waals surface area contributed by atoms with Crippen LogP contribution in [0.1, 0.15) is 21.9 Å². The zero-order valence-electron chi connectivity index (χ0n) is 15.3. The van der Waals surface area contributed by atoms with Crippen molar-refractivity contribution in [2.24, 2.45) is 0 Å². The summed E-state index contributed by atoms with van der Waals surface area (Å²) in [6.07, 6.45) is 1.74. The lowest BCUT2D eigenvalue weighted by atomic mass is 10.2. The van der Waals surface area contributed by atoms with Crippen molar-refractivity contribution in [3.05, 3.63) is 81.9 Å². The Bertz CT molecular complexity index is 1190. The van der Waals surface area contributed by atoms with E-state index in [0.29, 0.717) is 21.3 Å². The number of hydrogen-bond acceptors (Lipinski definition) is 5. The summed E-state index contributed by atoms with van der Waals surface area (Å²) in [6, 6.07) is 14.6. The van der Waals surface area contributed by atoms with Crippen LogP contribution in [0.15, 0.2) is 59.3 Å². The molecule has 0 spiro atoms. The molecule has 2 heterocycles. The fourth-order valence-electron chi connectivity index (χ4n) is 2.76. The molecule has 2 aromatic carbocycles. The topological polar surface area (TPSA) is 85.8 Å². The molecule has 0 aliphatic carbocycles. The van der Waals surface area contributed by atoms with Gasteiger partial charge in [0.25, 0.3) is 0 Å². The first-order valence-corrected chi connectivity index (χ1v) is 9.45. The maximum atomic E-state index is 12.3. The van der Waals surface area contributed by atoms with Crippen molar-refractivity contribution in [2.45, 2.75) is 13.5 Å². The number of benzene rings is 2. The molecule has 0 saturated heterocycles. The molecule has 2 aromatic heterocycles. The summed E-state index contributed by atoms with van der Waals surface area (Å²) in [5.74, 6) is -0.361. The minimum absolute atomic E-state index is 0.142. The molecule has 0 radical (unpaired) electrons. The summed E-state index contributed by atoms with van der Waals surface area (Å²) < 4.78 is 6.76. The van der Waals surface area contributed by atoms with E-state index in [-0.39, 0.29) is 18.3 Å². The van der Waals surface area contributed by atoms with Gasteiger partial charge < -0.3 is 9.84 Å². The van der Waals surface area contributed by atoms with Crippen molar-refractivity contribution in [1.82, 2.24) is 25.2 Å². The second-order valence-corrected chi connectivity index (χ2v) is 7.04. The number of halogens is 2. The lowest BCUT2D eigenvalue weighted by Crippen LogP contribution is -2.23. The van der Waals surface area contributed by atoms with Gasteiger partial charge in [-0.3, -0.25) is 4.79 Å². The van der Waals surface area contributed by atoms with E-state index in [4.69, 9.17) is 27.7 Å². The predicted molar refractivity (Wildman–Crippen MR) is 109 cm³/mol. The van der Waals surface area contributed by atoms with E-state index >= 15 is 0 Å². The lowest BCUT2D eigenvalue weighted by molar-refractivity contribution is 0.0907. The SMILES string of the molecule is Cc1nn(-c2ccccc2Cl)cc1-c1noc(C(=O)NCc2ccccc2Cl)n1. The van der Waals surface area contributed by atoms with E-state index < -0.39 is 5.91 Å². The van der Waals surface area contributed by atoms with Crippen molar-refractivity contribution in [3.8, 4) is 17.1 Å². The van der Waals surface area contributed by atoms with Crippen LogP contribution in [0.5, 0.6) is 0 Å². The highest BCUT2D eigenvalue weighted by Crippen LogP contribution is 2.25. The van der Waals surface area contributed by atoms with E-state index in [1.807, 2.05) is 43.3 Å². The number of nitrogens with zero attached hydrogens (tertiary/aromatic N) is 4. The van der Waals surface area contributed by atoms with Gasteiger partial charge in [-0.25, -0.2) is 4.68 Å². The van der Waals surface area contributed by atoms with Gasteiger partial charge in [-0.15, -0.1) is 0 Å². The number of nitrogens with one attached hydrogen (secondary N) is 1. The highest BCUT2D eigenvalue weighted by Gasteiger charge is 2.19. The third kappa shape index (κ3) is 4.01.